The monoisotopic (exact) mass is 270 g/mol. The van der Waals surface area contributed by atoms with Crippen LogP contribution in [-0.4, -0.2) is 12.0 Å². The Bertz CT molecular complexity index is 694. The van der Waals surface area contributed by atoms with Crippen molar-refractivity contribution in [2.75, 3.05) is 7.05 Å². The van der Waals surface area contributed by atoms with Crippen molar-refractivity contribution in [3.8, 4) is 0 Å². The summed E-state index contributed by atoms with van der Waals surface area (Å²) >= 11 is 0. The number of likely N-dealkylation sites (N-methyl/N-ethyl adjacent to an activating group) is 1. The fourth-order valence-electron chi connectivity index (χ4n) is 2.55. The third kappa shape index (κ3) is 2.34. The molecule has 4 nitrogen and oxygen atoms in total. The average molecular weight is 270 g/mol. The van der Waals surface area contributed by atoms with Crippen LogP contribution in [0.3, 0.4) is 0 Å². The molecule has 3 rings (SSSR count). The number of aryl methyl sites for hydroxylation is 2. The molecular weight excluding hydrogens is 252 g/mol. The first kappa shape index (κ1) is 12.9. The lowest BCUT2D eigenvalue weighted by molar-refractivity contribution is 0.460. The largest absolute Gasteiger partial charge is 0.466 e. The van der Waals surface area contributed by atoms with Crippen LogP contribution in [0.1, 0.15) is 29.0 Å². The zero-order valence-electron chi connectivity index (χ0n) is 11.9. The third-order valence-electron chi connectivity index (χ3n) is 3.52. The van der Waals surface area contributed by atoms with Crippen LogP contribution in [0.25, 0.3) is 11.1 Å². The van der Waals surface area contributed by atoms with Gasteiger partial charge in [-0.3, -0.25) is 0 Å². The first-order valence-electron chi connectivity index (χ1n) is 6.76. The van der Waals surface area contributed by atoms with E-state index in [-0.39, 0.29) is 6.04 Å². The maximum Gasteiger partial charge on any atom is 0.197 e. The molecule has 0 amide bonds. The molecule has 0 spiro atoms. The van der Waals surface area contributed by atoms with Crippen molar-refractivity contribution in [1.82, 2.24) is 10.3 Å². The van der Waals surface area contributed by atoms with Crippen LogP contribution in [-0.2, 0) is 6.42 Å². The topological polar surface area (TPSA) is 51.2 Å². The van der Waals surface area contributed by atoms with Gasteiger partial charge in [-0.15, -0.1) is 0 Å². The number of benzene rings is 1. The molecule has 1 unspecified atom stereocenters. The van der Waals surface area contributed by atoms with Gasteiger partial charge in [0, 0.05) is 18.0 Å². The molecule has 0 fully saturated rings. The van der Waals surface area contributed by atoms with E-state index in [1.807, 2.05) is 45.2 Å². The number of oxazole rings is 1. The van der Waals surface area contributed by atoms with E-state index in [4.69, 9.17) is 8.83 Å². The molecule has 4 heteroatoms. The molecule has 2 aromatic heterocycles. The van der Waals surface area contributed by atoms with Crippen LogP contribution in [0.2, 0.25) is 0 Å². The lowest BCUT2D eigenvalue weighted by atomic mass is 10.0. The molecular formula is C16H18N2O2. The highest BCUT2D eigenvalue weighted by molar-refractivity contribution is 5.72. The maximum atomic E-state index is 5.79. The Morgan fingerprint density at radius 2 is 2.00 bits per heavy atom. The summed E-state index contributed by atoms with van der Waals surface area (Å²) in [5.74, 6) is 2.61. The number of nitrogens with zero attached hydrogens (tertiary/aromatic N) is 1. The normalized spacial score (nSPS) is 12.9. The van der Waals surface area contributed by atoms with Gasteiger partial charge >= 0.3 is 0 Å². The van der Waals surface area contributed by atoms with Gasteiger partial charge in [-0.25, -0.2) is 4.98 Å². The Labute approximate surface area is 117 Å². The van der Waals surface area contributed by atoms with Gasteiger partial charge in [-0.1, -0.05) is 12.1 Å². The zero-order chi connectivity index (χ0) is 14.1. The molecule has 0 saturated carbocycles. The molecule has 0 radical (unpaired) electrons. The maximum absolute atomic E-state index is 5.79. The number of nitrogens with one attached hydrogen (secondary N) is 1. The van der Waals surface area contributed by atoms with Crippen molar-refractivity contribution < 1.29 is 8.83 Å². The molecule has 1 aromatic carbocycles. The Morgan fingerprint density at radius 3 is 2.65 bits per heavy atom. The van der Waals surface area contributed by atoms with E-state index in [2.05, 4.69) is 16.4 Å². The second kappa shape index (κ2) is 5.13. The summed E-state index contributed by atoms with van der Waals surface area (Å²) in [7, 11) is 1.94. The fourth-order valence-corrected chi connectivity index (χ4v) is 2.55. The van der Waals surface area contributed by atoms with Gasteiger partial charge in [0.15, 0.2) is 11.5 Å². The summed E-state index contributed by atoms with van der Waals surface area (Å²) in [4.78, 5) is 4.53. The quantitative estimate of drug-likeness (QED) is 0.787. The second-order valence-corrected chi connectivity index (χ2v) is 4.99. The Balaban J connectivity index is 1.89. The number of furan rings is 1. The first-order chi connectivity index (χ1) is 9.67. The number of rotatable bonds is 4. The minimum absolute atomic E-state index is 0.139. The number of fused-ring (bicyclic) bond motifs is 1. The first-order valence-corrected chi connectivity index (χ1v) is 6.76. The van der Waals surface area contributed by atoms with Crippen molar-refractivity contribution in [2.45, 2.75) is 26.3 Å². The lowest BCUT2D eigenvalue weighted by Crippen LogP contribution is -2.19. The van der Waals surface area contributed by atoms with Crippen molar-refractivity contribution in [2.24, 2.45) is 0 Å². The number of hydrogen-bond acceptors (Lipinski definition) is 4. The summed E-state index contributed by atoms with van der Waals surface area (Å²) in [5.41, 5.74) is 2.89. The molecule has 0 aliphatic carbocycles. The van der Waals surface area contributed by atoms with Crippen molar-refractivity contribution in [3.05, 3.63) is 53.3 Å². The lowest BCUT2D eigenvalue weighted by Gasteiger charge is -2.13. The van der Waals surface area contributed by atoms with Crippen molar-refractivity contribution in [1.29, 1.82) is 0 Å². The van der Waals surface area contributed by atoms with Gasteiger partial charge in [-0.2, -0.15) is 0 Å². The molecule has 20 heavy (non-hydrogen) atoms. The van der Waals surface area contributed by atoms with Gasteiger partial charge in [0.05, 0.1) is 0 Å². The minimum Gasteiger partial charge on any atom is -0.466 e. The van der Waals surface area contributed by atoms with Gasteiger partial charge in [-0.05, 0) is 39.1 Å². The van der Waals surface area contributed by atoms with Crippen LogP contribution in [0.15, 0.2) is 39.2 Å². The summed E-state index contributed by atoms with van der Waals surface area (Å²) in [6, 6.07) is 10.0. The van der Waals surface area contributed by atoms with Gasteiger partial charge in [0.2, 0.25) is 0 Å². The van der Waals surface area contributed by atoms with Crippen molar-refractivity contribution >= 4 is 11.1 Å². The summed E-state index contributed by atoms with van der Waals surface area (Å²) < 4.78 is 11.4. The van der Waals surface area contributed by atoms with E-state index in [0.29, 0.717) is 6.42 Å². The second-order valence-electron chi connectivity index (χ2n) is 4.99. The van der Waals surface area contributed by atoms with E-state index in [0.717, 1.165) is 34.1 Å². The van der Waals surface area contributed by atoms with Crippen LogP contribution in [0, 0.1) is 13.8 Å². The van der Waals surface area contributed by atoms with Crippen LogP contribution in [0.5, 0.6) is 0 Å². The highest BCUT2D eigenvalue weighted by Crippen LogP contribution is 2.25. The van der Waals surface area contributed by atoms with Crippen molar-refractivity contribution in [3.63, 3.8) is 0 Å². The fraction of sp³-hybridized carbons (Fsp3) is 0.312. The SMILES string of the molecule is CNC(Cc1nc2ccccc2o1)c1cc(C)oc1C. The van der Waals surface area contributed by atoms with E-state index in [1.165, 1.54) is 0 Å². The number of aromatic nitrogens is 1. The summed E-state index contributed by atoms with van der Waals surface area (Å²) in [6.07, 6.45) is 0.699. The van der Waals surface area contributed by atoms with Crippen LogP contribution >= 0.6 is 0 Å². The van der Waals surface area contributed by atoms with E-state index in [1.54, 1.807) is 0 Å². The predicted octanol–water partition coefficient (Wildman–Crippen LogP) is 3.54. The standard InChI is InChI=1S/C16H18N2O2/c1-10-8-12(11(2)19-10)14(17-3)9-16-18-13-6-4-5-7-15(13)20-16/h4-8,14,17H,9H2,1-3H3. The minimum atomic E-state index is 0.139. The average Bonchev–Trinajstić information content (AvgIpc) is 2.98. The zero-order valence-corrected chi connectivity index (χ0v) is 11.9. The van der Waals surface area contributed by atoms with E-state index >= 15 is 0 Å². The van der Waals surface area contributed by atoms with Gasteiger partial charge < -0.3 is 14.2 Å². The Kier molecular flexibility index (Phi) is 3.32. The highest BCUT2D eigenvalue weighted by Gasteiger charge is 2.18. The smallest absolute Gasteiger partial charge is 0.197 e. The van der Waals surface area contributed by atoms with E-state index in [9.17, 15) is 0 Å². The van der Waals surface area contributed by atoms with Gasteiger partial charge in [0.25, 0.3) is 0 Å². The third-order valence-corrected chi connectivity index (χ3v) is 3.52. The highest BCUT2D eigenvalue weighted by atomic mass is 16.3. The molecule has 0 aliphatic rings. The van der Waals surface area contributed by atoms with Crippen LogP contribution in [0.4, 0.5) is 0 Å². The van der Waals surface area contributed by atoms with Crippen LogP contribution < -0.4 is 5.32 Å². The molecule has 104 valence electrons. The molecule has 3 aromatic rings. The summed E-state index contributed by atoms with van der Waals surface area (Å²) in [6.45, 7) is 3.95. The Morgan fingerprint density at radius 1 is 1.20 bits per heavy atom. The number of para-hydroxylation sites is 2. The molecule has 1 N–H and O–H groups in total. The predicted molar refractivity (Wildman–Crippen MR) is 77.7 cm³/mol. The Hall–Kier alpha value is -2.07. The molecule has 2 heterocycles. The molecule has 1 atom stereocenters. The summed E-state index contributed by atoms with van der Waals surface area (Å²) in [5, 5.41) is 3.31. The molecule has 0 saturated heterocycles. The van der Waals surface area contributed by atoms with Gasteiger partial charge in [0.1, 0.15) is 17.0 Å². The molecule has 0 bridgehead atoms. The molecule has 0 aliphatic heterocycles. The van der Waals surface area contributed by atoms with E-state index < -0.39 is 0 Å². The number of hydrogen-bond donors (Lipinski definition) is 1.